The molecule has 0 atom stereocenters. The predicted octanol–water partition coefficient (Wildman–Crippen LogP) is 2.41. The van der Waals surface area contributed by atoms with Crippen LogP contribution in [0, 0.1) is 13.8 Å². The van der Waals surface area contributed by atoms with E-state index >= 15 is 0 Å². The Labute approximate surface area is 191 Å². The molecule has 32 heavy (non-hydrogen) atoms. The molecule has 0 unspecified atom stereocenters. The second-order valence-corrected chi connectivity index (χ2v) is 8.22. The lowest BCUT2D eigenvalue weighted by Crippen LogP contribution is -2.36. The van der Waals surface area contributed by atoms with Crippen molar-refractivity contribution >= 4 is 45.7 Å². The summed E-state index contributed by atoms with van der Waals surface area (Å²) in [5, 5.41) is 8.21. The number of anilines is 2. The van der Waals surface area contributed by atoms with Gasteiger partial charge in [0, 0.05) is 12.7 Å². The summed E-state index contributed by atoms with van der Waals surface area (Å²) >= 11 is 1.00. The van der Waals surface area contributed by atoms with E-state index < -0.39 is 11.9 Å². The molecule has 0 saturated carbocycles. The molecule has 0 aliphatic rings. The molecular weight excluding hydrogens is 432 g/mol. The van der Waals surface area contributed by atoms with Crippen LogP contribution in [0.1, 0.15) is 38.1 Å². The first-order valence-corrected chi connectivity index (χ1v) is 10.8. The number of aryl methyl sites for hydroxylation is 1. The van der Waals surface area contributed by atoms with Crippen molar-refractivity contribution in [2.45, 2.75) is 20.8 Å². The number of carbonyl (C=O) groups is 4. The van der Waals surface area contributed by atoms with Crippen LogP contribution in [0.25, 0.3) is 0 Å². The van der Waals surface area contributed by atoms with Crippen LogP contribution in [0.2, 0.25) is 0 Å². The molecule has 3 amide bonds. The fourth-order valence-corrected chi connectivity index (χ4v) is 4.09. The molecule has 9 nitrogen and oxygen atoms in total. The second kappa shape index (κ2) is 11.4. The highest BCUT2D eigenvalue weighted by atomic mass is 32.1. The maximum atomic E-state index is 12.6. The molecule has 1 aromatic heterocycles. The Kier molecular flexibility index (Phi) is 8.91. The number of carbonyl (C=O) groups excluding carboxylic acids is 4. The Hall–Kier alpha value is -3.24. The molecule has 0 spiro atoms. The van der Waals surface area contributed by atoms with Crippen LogP contribution < -0.4 is 16.0 Å². The highest BCUT2D eigenvalue weighted by Gasteiger charge is 2.26. The molecule has 0 radical (unpaired) electrons. The van der Waals surface area contributed by atoms with Gasteiger partial charge in [-0.3, -0.25) is 19.3 Å². The van der Waals surface area contributed by atoms with Gasteiger partial charge in [-0.1, -0.05) is 17.7 Å². The molecule has 2 aromatic rings. The van der Waals surface area contributed by atoms with Crippen molar-refractivity contribution in [1.82, 2.24) is 10.2 Å². The lowest BCUT2D eigenvalue weighted by Gasteiger charge is -2.16. The molecule has 0 bridgehead atoms. The van der Waals surface area contributed by atoms with Gasteiger partial charge in [-0.05, 0) is 45.5 Å². The lowest BCUT2D eigenvalue weighted by atomic mass is 10.1. The number of ether oxygens (including phenoxy) is 1. The Morgan fingerprint density at radius 1 is 1.00 bits per heavy atom. The van der Waals surface area contributed by atoms with Crippen LogP contribution >= 0.6 is 11.3 Å². The molecule has 10 heteroatoms. The summed E-state index contributed by atoms with van der Waals surface area (Å²) in [4.78, 5) is 51.2. The van der Waals surface area contributed by atoms with Gasteiger partial charge < -0.3 is 20.7 Å². The molecule has 1 aromatic carbocycles. The minimum absolute atomic E-state index is 0.00100. The Balaban J connectivity index is 2.04. The van der Waals surface area contributed by atoms with Crippen molar-refractivity contribution in [2.75, 3.05) is 44.4 Å². The monoisotopic (exact) mass is 460 g/mol. The maximum absolute atomic E-state index is 12.6. The molecular formula is C22H28N4O5S. The molecule has 172 valence electrons. The van der Waals surface area contributed by atoms with Crippen LogP contribution in [-0.2, 0) is 14.3 Å². The van der Waals surface area contributed by atoms with E-state index in [-0.39, 0.29) is 42.1 Å². The van der Waals surface area contributed by atoms with Crippen molar-refractivity contribution in [3.05, 3.63) is 45.8 Å². The third-order valence-electron chi connectivity index (χ3n) is 4.47. The highest BCUT2D eigenvalue weighted by molar-refractivity contribution is 7.18. The SMILES string of the molecule is CCOC(=O)c1c(NC(=O)CN(C)CC(=O)Nc2ccc(C)cc2)sc(C(=O)NC)c1C. The number of thiophene rings is 1. The molecule has 1 heterocycles. The first-order chi connectivity index (χ1) is 15.2. The van der Waals surface area contributed by atoms with Crippen molar-refractivity contribution in [3.63, 3.8) is 0 Å². The molecule has 2 rings (SSSR count). The Morgan fingerprint density at radius 3 is 2.16 bits per heavy atom. The van der Waals surface area contributed by atoms with Crippen molar-refractivity contribution in [3.8, 4) is 0 Å². The smallest absolute Gasteiger partial charge is 0.341 e. The number of hydrogen-bond donors (Lipinski definition) is 3. The quantitative estimate of drug-likeness (QED) is 0.495. The van der Waals surface area contributed by atoms with Gasteiger partial charge in [0.15, 0.2) is 0 Å². The van der Waals surface area contributed by atoms with Gasteiger partial charge in [0.2, 0.25) is 11.8 Å². The van der Waals surface area contributed by atoms with E-state index in [9.17, 15) is 19.2 Å². The van der Waals surface area contributed by atoms with E-state index in [4.69, 9.17) is 4.74 Å². The summed E-state index contributed by atoms with van der Waals surface area (Å²) in [5.41, 5.74) is 2.35. The van der Waals surface area contributed by atoms with Crippen LogP contribution in [0.3, 0.4) is 0 Å². The van der Waals surface area contributed by atoms with Gasteiger partial charge in [-0.15, -0.1) is 11.3 Å². The zero-order chi connectivity index (χ0) is 23.8. The Morgan fingerprint density at radius 2 is 1.59 bits per heavy atom. The van der Waals surface area contributed by atoms with Gasteiger partial charge in [0.05, 0.1) is 30.1 Å². The van der Waals surface area contributed by atoms with Crippen LogP contribution in [0.15, 0.2) is 24.3 Å². The largest absolute Gasteiger partial charge is 0.462 e. The van der Waals surface area contributed by atoms with Gasteiger partial charge in [0.1, 0.15) is 5.00 Å². The minimum Gasteiger partial charge on any atom is -0.462 e. The summed E-state index contributed by atoms with van der Waals surface area (Å²) in [6, 6.07) is 7.40. The zero-order valence-corrected chi connectivity index (χ0v) is 19.6. The zero-order valence-electron chi connectivity index (χ0n) is 18.8. The predicted molar refractivity (Wildman–Crippen MR) is 124 cm³/mol. The number of esters is 1. The van der Waals surface area contributed by atoms with Crippen molar-refractivity contribution in [2.24, 2.45) is 0 Å². The summed E-state index contributed by atoms with van der Waals surface area (Å²) in [7, 11) is 3.12. The number of nitrogens with zero attached hydrogens (tertiary/aromatic N) is 1. The van der Waals surface area contributed by atoms with E-state index in [2.05, 4.69) is 16.0 Å². The molecule has 0 saturated heterocycles. The van der Waals surface area contributed by atoms with Crippen molar-refractivity contribution in [1.29, 1.82) is 0 Å². The topological polar surface area (TPSA) is 117 Å². The molecule has 0 aliphatic heterocycles. The number of hydrogen-bond acceptors (Lipinski definition) is 7. The third kappa shape index (κ3) is 6.63. The summed E-state index contributed by atoms with van der Waals surface area (Å²) in [6.45, 7) is 5.33. The molecule has 3 N–H and O–H groups in total. The van der Waals surface area contributed by atoms with Gasteiger partial charge in [0.25, 0.3) is 5.91 Å². The maximum Gasteiger partial charge on any atom is 0.341 e. The third-order valence-corrected chi connectivity index (χ3v) is 5.68. The first kappa shape index (κ1) is 25.0. The van der Waals surface area contributed by atoms with Crippen LogP contribution in [-0.4, -0.2) is 62.4 Å². The van der Waals surface area contributed by atoms with E-state index in [0.29, 0.717) is 16.1 Å². The summed E-state index contributed by atoms with van der Waals surface area (Å²) < 4.78 is 5.08. The van der Waals surface area contributed by atoms with Gasteiger partial charge in [-0.2, -0.15) is 0 Å². The van der Waals surface area contributed by atoms with E-state index in [1.54, 1.807) is 37.9 Å². The highest BCUT2D eigenvalue weighted by Crippen LogP contribution is 2.33. The Bertz CT molecular complexity index is 1000. The fourth-order valence-electron chi connectivity index (χ4n) is 2.93. The number of rotatable bonds is 9. The van der Waals surface area contributed by atoms with Gasteiger partial charge >= 0.3 is 5.97 Å². The molecule has 0 fully saturated rings. The van der Waals surface area contributed by atoms with E-state index in [1.165, 1.54) is 7.05 Å². The number of benzene rings is 1. The first-order valence-electron chi connectivity index (χ1n) is 10.0. The lowest BCUT2D eigenvalue weighted by molar-refractivity contribution is -0.119. The van der Waals surface area contributed by atoms with Crippen molar-refractivity contribution < 1.29 is 23.9 Å². The minimum atomic E-state index is -0.613. The second-order valence-electron chi connectivity index (χ2n) is 7.19. The van der Waals surface area contributed by atoms with Gasteiger partial charge in [-0.25, -0.2) is 4.79 Å². The van der Waals surface area contributed by atoms with Crippen LogP contribution in [0.4, 0.5) is 10.7 Å². The van der Waals surface area contributed by atoms with E-state index in [0.717, 1.165) is 16.9 Å². The average molecular weight is 461 g/mol. The molecule has 0 aliphatic carbocycles. The van der Waals surface area contributed by atoms with Crippen LogP contribution in [0.5, 0.6) is 0 Å². The number of nitrogens with one attached hydrogen (secondary N) is 3. The number of amides is 3. The normalized spacial score (nSPS) is 10.6. The summed E-state index contributed by atoms with van der Waals surface area (Å²) in [6.07, 6.45) is 0. The fraction of sp³-hybridized carbons (Fsp3) is 0.364. The number of likely N-dealkylation sites (N-methyl/N-ethyl adjacent to an activating group) is 1. The summed E-state index contributed by atoms with van der Waals surface area (Å²) in [5.74, 6) is -1.66. The standard InChI is InChI=1S/C22H28N4O5S/c1-6-31-22(30)18-14(3)19(20(29)23-4)32-21(18)25-17(28)12-26(5)11-16(27)24-15-9-7-13(2)8-10-15/h7-10H,6,11-12H2,1-5H3,(H,23,29)(H,24,27)(H,25,28). The van der Waals surface area contributed by atoms with E-state index in [1.807, 2.05) is 19.1 Å². The average Bonchev–Trinajstić information content (AvgIpc) is 3.04.